The molecule has 2 aromatic carbocycles. The average Bonchev–Trinajstić information content (AvgIpc) is 3.06. The minimum atomic E-state index is -3.91. The quantitative estimate of drug-likeness (QED) is 0.538. The molecule has 0 bridgehead atoms. The van der Waals surface area contributed by atoms with E-state index in [-0.39, 0.29) is 11.5 Å². The number of benzene rings is 2. The summed E-state index contributed by atoms with van der Waals surface area (Å²) in [6, 6.07) is 13.7. The van der Waals surface area contributed by atoms with Crippen molar-refractivity contribution < 1.29 is 18.0 Å². The summed E-state index contributed by atoms with van der Waals surface area (Å²) in [4.78, 5) is 24.9. The zero-order valence-corrected chi connectivity index (χ0v) is 21.0. The zero-order chi connectivity index (χ0) is 24.7. The van der Waals surface area contributed by atoms with Crippen LogP contribution in [0.4, 0.5) is 0 Å². The van der Waals surface area contributed by atoms with Crippen LogP contribution in [0.15, 0.2) is 42.5 Å². The van der Waals surface area contributed by atoms with Crippen molar-refractivity contribution in [3.63, 3.8) is 0 Å². The van der Waals surface area contributed by atoms with E-state index in [2.05, 4.69) is 21.4 Å². The lowest BCUT2D eigenvalue weighted by atomic mass is 9.81. The van der Waals surface area contributed by atoms with E-state index in [1.54, 1.807) is 12.1 Å². The van der Waals surface area contributed by atoms with Gasteiger partial charge in [0, 0.05) is 48.6 Å². The molecule has 1 aliphatic carbocycles. The van der Waals surface area contributed by atoms with Crippen molar-refractivity contribution in [1.29, 1.82) is 0 Å². The monoisotopic (exact) mass is 493 g/mol. The summed E-state index contributed by atoms with van der Waals surface area (Å²) in [6.07, 6.45) is 7.57. The molecule has 1 fully saturated rings. The Bertz CT molecular complexity index is 1400. The number of carbonyl (C=O) groups excluding carboxylic acids is 2. The van der Waals surface area contributed by atoms with Crippen molar-refractivity contribution >= 4 is 33.3 Å². The van der Waals surface area contributed by atoms with E-state index in [4.69, 9.17) is 0 Å². The van der Waals surface area contributed by atoms with E-state index in [9.17, 15) is 18.0 Å². The van der Waals surface area contributed by atoms with Gasteiger partial charge >= 0.3 is 10.2 Å². The number of aromatic nitrogens is 1. The van der Waals surface area contributed by atoms with Crippen LogP contribution < -0.4 is 4.72 Å². The molecule has 1 unspecified atom stereocenters. The number of carbonyl (C=O) groups is 2. The second kappa shape index (κ2) is 9.24. The smallest absolute Gasteiger partial charge is 0.303 e. The highest BCUT2D eigenvalue weighted by atomic mass is 32.2. The standard InChI is InChI=1S/C27H31N3O4S/c1-29(2)35(33,34)28-27(32)21-12-13-23-24(15-21)30-16-18(17-31)14-20-10-6-7-11-22(20)26(30)25(23)19-8-4-3-5-9-19/h6-7,10-13,15,17-19H,3-5,8-9,14,16H2,1-2H3,(H,28,32). The van der Waals surface area contributed by atoms with Crippen molar-refractivity contribution in [2.45, 2.75) is 51.0 Å². The molecule has 1 amide bonds. The van der Waals surface area contributed by atoms with Crippen molar-refractivity contribution in [3.8, 4) is 11.3 Å². The minimum absolute atomic E-state index is 0.182. The van der Waals surface area contributed by atoms with Gasteiger partial charge in [-0.1, -0.05) is 49.6 Å². The number of nitrogens with one attached hydrogen (secondary N) is 1. The maximum Gasteiger partial charge on any atom is 0.303 e. The minimum Gasteiger partial charge on any atom is -0.339 e. The third-order valence-electron chi connectivity index (χ3n) is 7.45. The van der Waals surface area contributed by atoms with E-state index in [1.807, 2.05) is 18.2 Å². The molecule has 1 saturated carbocycles. The van der Waals surface area contributed by atoms with Gasteiger partial charge in [0.15, 0.2) is 0 Å². The predicted octanol–water partition coefficient (Wildman–Crippen LogP) is 4.26. The predicted molar refractivity (Wildman–Crippen MR) is 137 cm³/mol. The van der Waals surface area contributed by atoms with Gasteiger partial charge in [0.25, 0.3) is 5.91 Å². The summed E-state index contributed by atoms with van der Waals surface area (Å²) in [5.74, 6) is -0.438. The van der Waals surface area contributed by atoms with Crippen LogP contribution in [0, 0.1) is 5.92 Å². The van der Waals surface area contributed by atoms with Crippen LogP contribution in [0.25, 0.3) is 22.2 Å². The lowest BCUT2D eigenvalue weighted by Gasteiger charge is -2.24. The second-order valence-electron chi connectivity index (χ2n) is 9.92. The summed E-state index contributed by atoms with van der Waals surface area (Å²) in [7, 11) is -1.16. The Balaban J connectivity index is 1.73. The molecule has 1 atom stereocenters. The molecule has 1 aliphatic heterocycles. The molecule has 0 saturated heterocycles. The molecular weight excluding hydrogens is 462 g/mol. The Morgan fingerprint density at radius 2 is 1.83 bits per heavy atom. The Kier molecular flexibility index (Phi) is 6.27. The zero-order valence-electron chi connectivity index (χ0n) is 20.2. The van der Waals surface area contributed by atoms with Gasteiger partial charge in [-0.3, -0.25) is 4.79 Å². The van der Waals surface area contributed by atoms with E-state index >= 15 is 0 Å². The summed E-state index contributed by atoms with van der Waals surface area (Å²) in [5, 5.41) is 1.08. The van der Waals surface area contributed by atoms with Gasteiger partial charge in [-0.05, 0) is 48.4 Å². The lowest BCUT2D eigenvalue weighted by molar-refractivity contribution is -0.111. The van der Waals surface area contributed by atoms with Crippen molar-refractivity contribution in [3.05, 3.63) is 59.2 Å². The van der Waals surface area contributed by atoms with Gasteiger partial charge in [0.1, 0.15) is 6.29 Å². The fraction of sp³-hybridized carbons (Fsp3) is 0.407. The van der Waals surface area contributed by atoms with Gasteiger partial charge in [-0.25, -0.2) is 4.72 Å². The molecule has 1 N–H and O–H groups in total. The normalized spacial score (nSPS) is 18.7. The molecule has 8 heteroatoms. The lowest BCUT2D eigenvalue weighted by Crippen LogP contribution is -2.39. The Morgan fingerprint density at radius 1 is 1.09 bits per heavy atom. The Morgan fingerprint density at radius 3 is 2.54 bits per heavy atom. The van der Waals surface area contributed by atoms with Gasteiger partial charge in [0.2, 0.25) is 0 Å². The number of aldehydes is 1. The van der Waals surface area contributed by atoms with Crippen molar-refractivity contribution in [2.24, 2.45) is 5.92 Å². The topological polar surface area (TPSA) is 88.5 Å². The SMILES string of the molecule is CN(C)S(=O)(=O)NC(=O)c1ccc2c(C3CCCCC3)c3n(c2c1)CC(C=O)Cc1ccccc1-3. The Hall–Kier alpha value is -2.97. The number of rotatable bonds is 5. The van der Waals surface area contributed by atoms with Gasteiger partial charge in [-0.2, -0.15) is 12.7 Å². The number of hydrogen-bond acceptors (Lipinski definition) is 4. The van der Waals surface area contributed by atoms with Gasteiger partial charge in [-0.15, -0.1) is 0 Å². The highest BCUT2D eigenvalue weighted by molar-refractivity contribution is 7.87. The van der Waals surface area contributed by atoms with Crippen LogP contribution in [-0.4, -0.2) is 43.6 Å². The van der Waals surface area contributed by atoms with Crippen molar-refractivity contribution in [2.75, 3.05) is 14.1 Å². The van der Waals surface area contributed by atoms with E-state index < -0.39 is 16.1 Å². The highest BCUT2D eigenvalue weighted by Crippen LogP contribution is 2.46. The van der Waals surface area contributed by atoms with Crippen LogP contribution >= 0.6 is 0 Å². The summed E-state index contributed by atoms with van der Waals surface area (Å²) in [6.45, 7) is 0.526. The fourth-order valence-electron chi connectivity index (χ4n) is 5.67. The molecule has 3 aromatic rings. The molecule has 184 valence electrons. The first-order valence-corrected chi connectivity index (χ1v) is 13.7. The second-order valence-corrected chi connectivity index (χ2v) is 11.8. The van der Waals surface area contributed by atoms with Gasteiger partial charge in [0.05, 0.1) is 5.69 Å². The maximum atomic E-state index is 12.9. The first-order valence-electron chi connectivity index (χ1n) is 12.2. The van der Waals surface area contributed by atoms with Crippen LogP contribution in [0.3, 0.4) is 0 Å². The average molecular weight is 494 g/mol. The molecule has 0 spiro atoms. The van der Waals surface area contributed by atoms with Crippen LogP contribution in [0.1, 0.15) is 59.5 Å². The van der Waals surface area contributed by atoms with Gasteiger partial charge < -0.3 is 9.36 Å². The number of fused-ring (bicyclic) bond motifs is 5. The molecule has 2 heterocycles. The molecule has 2 aliphatic rings. The summed E-state index contributed by atoms with van der Waals surface area (Å²) < 4.78 is 29.8. The Labute approximate surface area is 206 Å². The third-order valence-corrected chi connectivity index (χ3v) is 8.85. The third kappa shape index (κ3) is 4.29. The van der Waals surface area contributed by atoms with Crippen LogP contribution in [-0.2, 0) is 28.0 Å². The fourth-order valence-corrected chi connectivity index (χ4v) is 6.21. The number of hydrogen-bond donors (Lipinski definition) is 1. The first kappa shape index (κ1) is 23.8. The van der Waals surface area contributed by atoms with Crippen LogP contribution in [0.2, 0.25) is 0 Å². The van der Waals surface area contributed by atoms with Crippen LogP contribution in [0.5, 0.6) is 0 Å². The van der Waals surface area contributed by atoms with E-state index in [0.29, 0.717) is 18.9 Å². The largest absolute Gasteiger partial charge is 0.339 e. The highest BCUT2D eigenvalue weighted by Gasteiger charge is 2.31. The van der Waals surface area contributed by atoms with E-state index in [1.165, 1.54) is 44.5 Å². The summed E-state index contributed by atoms with van der Waals surface area (Å²) >= 11 is 0. The summed E-state index contributed by atoms with van der Waals surface area (Å²) in [5.41, 5.74) is 5.91. The molecule has 35 heavy (non-hydrogen) atoms. The maximum absolute atomic E-state index is 12.9. The number of amides is 1. The number of nitrogens with zero attached hydrogens (tertiary/aromatic N) is 2. The molecule has 1 aromatic heterocycles. The molecule has 5 rings (SSSR count). The molecular formula is C27H31N3O4S. The van der Waals surface area contributed by atoms with Crippen molar-refractivity contribution in [1.82, 2.24) is 13.6 Å². The first-order chi connectivity index (χ1) is 16.8. The van der Waals surface area contributed by atoms with E-state index in [0.717, 1.165) is 45.6 Å². The molecule has 7 nitrogen and oxygen atoms in total. The molecule has 0 radical (unpaired) electrons.